The van der Waals surface area contributed by atoms with Gasteiger partial charge in [0, 0.05) is 24.0 Å². The Kier molecular flexibility index (Phi) is 10.3. The van der Waals surface area contributed by atoms with Gasteiger partial charge in [0.15, 0.2) is 11.7 Å². The van der Waals surface area contributed by atoms with E-state index in [4.69, 9.17) is 19.3 Å². The first kappa shape index (κ1) is 28.5. The SMILES string of the molecule is CC(=O)O.Cc1ccc([O-])cc1CC1C=CCCC1c1nc(-c2ccccc2)c(-c2ccccc2)o1.[Na+]. The maximum Gasteiger partial charge on any atom is 1.00 e. The number of oxazole rings is 1. The van der Waals surface area contributed by atoms with E-state index >= 15 is 0 Å². The van der Waals surface area contributed by atoms with Crippen molar-refractivity contribution < 1.29 is 49.0 Å². The van der Waals surface area contributed by atoms with Gasteiger partial charge < -0.3 is 14.6 Å². The molecule has 1 aromatic heterocycles. The first-order valence-corrected chi connectivity index (χ1v) is 12.2. The van der Waals surface area contributed by atoms with Crippen molar-refractivity contribution in [2.24, 2.45) is 5.92 Å². The summed E-state index contributed by atoms with van der Waals surface area (Å²) in [5.74, 6) is 1.26. The summed E-state index contributed by atoms with van der Waals surface area (Å²) in [4.78, 5) is 14.1. The Hall–Kier alpha value is -3.12. The molecule has 5 rings (SSSR count). The average molecular weight is 504 g/mol. The molecule has 1 N–H and O–H groups in total. The Bertz CT molecular complexity index is 1270. The maximum absolute atomic E-state index is 11.9. The number of carbonyl (C=O) groups is 1. The minimum atomic E-state index is -0.833. The Morgan fingerprint density at radius 2 is 1.65 bits per heavy atom. The summed E-state index contributed by atoms with van der Waals surface area (Å²) >= 11 is 0. The molecule has 5 nitrogen and oxygen atoms in total. The van der Waals surface area contributed by atoms with Crippen molar-refractivity contribution in [3.8, 4) is 28.3 Å². The Morgan fingerprint density at radius 1 is 1.03 bits per heavy atom. The normalized spacial score (nSPS) is 16.3. The number of aryl methyl sites for hydroxylation is 1. The smallest absolute Gasteiger partial charge is 0.872 e. The first-order chi connectivity index (χ1) is 17.4. The molecular formula is C31H30NNaO4. The van der Waals surface area contributed by atoms with Crippen molar-refractivity contribution in [2.75, 3.05) is 0 Å². The van der Waals surface area contributed by atoms with Crippen LogP contribution in [0.1, 0.15) is 42.7 Å². The second-order valence-electron chi connectivity index (χ2n) is 9.05. The Labute approximate surface area is 240 Å². The third-order valence-electron chi connectivity index (χ3n) is 6.36. The third-order valence-corrected chi connectivity index (χ3v) is 6.36. The average Bonchev–Trinajstić information content (AvgIpc) is 3.33. The molecule has 1 heterocycles. The van der Waals surface area contributed by atoms with Crippen molar-refractivity contribution in [3.63, 3.8) is 0 Å². The third kappa shape index (κ3) is 7.45. The van der Waals surface area contributed by atoms with E-state index in [0.717, 1.165) is 65.8 Å². The minimum Gasteiger partial charge on any atom is -0.872 e. The van der Waals surface area contributed by atoms with Crippen LogP contribution in [-0.4, -0.2) is 16.1 Å². The number of hydrogen-bond acceptors (Lipinski definition) is 4. The number of aliphatic carboxylic acids is 1. The summed E-state index contributed by atoms with van der Waals surface area (Å²) in [7, 11) is 0. The first-order valence-electron chi connectivity index (χ1n) is 12.2. The van der Waals surface area contributed by atoms with Crippen LogP contribution in [0.2, 0.25) is 0 Å². The fourth-order valence-electron chi connectivity index (χ4n) is 4.61. The van der Waals surface area contributed by atoms with Crippen LogP contribution in [0, 0.1) is 12.8 Å². The standard InChI is InChI=1S/C29H27NO2.C2H4O2.Na/c1-20-16-17-25(31)19-24(20)18-23-14-8-9-15-26(23)29-30-27(21-10-4-2-5-11-21)28(32-29)22-12-6-3-7-13-22;1-2(3)4;/h2-8,10-14,16-17,19,23,26,31H,9,15,18H2,1H3;1H3,(H,3,4);/q;;+1/p-1. The van der Waals surface area contributed by atoms with E-state index in [1.54, 1.807) is 12.1 Å². The van der Waals surface area contributed by atoms with Gasteiger partial charge in [0.25, 0.3) is 5.97 Å². The van der Waals surface area contributed by atoms with Gasteiger partial charge >= 0.3 is 29.6 Å². The molecule has 0 bridgehead atoms. The van der Waals surface area contributed by atoms with Gasteiger partial charge in [-0.25, -0.2) is 4.98 Å². The second-order valence-corrected chi connectivity index (χ2v) is 9.05. The maximum atomic E-state index is 11.9. The molecule has 37 heavy (non-hydrogen) atoms. The fraction of sp³-hybridized carbons (Fsp3) is 0.226. The predicted molar refractivity (Wildman–Crippen MR) is 140 cm³/mol. The van der Waals surface area contributed by atoms with E-state index in [1.165, 1.54) is 0 Å². The van der Waals surface area contributed by atoms with E-state index in [1.807, 2.05) is 42.5 Å². The van der Waals surface area contributed by atoms with Gasteiger partial charge in [0.05, 0.1) is 0 Å². The number of benzene rings is 3. The van der Waals surface area contributed by atoms with Crippen LogP contribution in [0.5, 0.6) is 5.75 Å². The van der Waals surface area contributed by atoms with Crippen LogP contribution in [0.25, 0.3) is 22.6 Å². The summed E-state index contributed by atoms with van der Waals surface area (Å²) in [5.41, 5.74) is 5.24. The quantitative estimate of drug-likeness (QED) is 0.331. The zero-order chi connectivity index (χ0) is 25.5. The molecule has 0 saturated carbocycles. The zero-order valence-electron chi connectivity index (χ0n) is 21.6. The number of allylic oxidation sites excluding steroid dienone is 2. The van der Waals surface area contributed by atoms with E-state index in [0.29, 0.717) is 0 Å². The molecule has 184 valence electrons. The van der Waals surface area contributed by atoms with Gasteiger partial charge in [-0.2, -0.15) is 0 Å². The number of hydrogen-bond donors (Lipinski definition) is 1. The molecule has 6 heteroatoms. The van der Waals surface area contributed by atoms with Gasteiger partial charge in [-0.15, -0.1) is 5.75 Å². The summed E-state index contributed by atoms with van der Waals surface area (Å²) in [5, 5.41) is 19.4. The van der Waals surface area contributed by atoms with E-state index < -0.39 is 5.97 Å². The van der Waals surface area contributed by atoms with Crippen LogP contribution in [0.15, 0.2) is 95.4 Å². The predicted octanol–water partition coefficient (Wildman–Crippen LogP) is 3.78. The van der Waals surface area contributed by atoms with Crippen molar-refractivity contribution >= 4 is 5.97 Å². The molecular weight excluding hydrogens is 473 g/mol. The van der Waals surface area contributed by atoms with Crippen molar-refractivity contribution in [3.05, 3.63) is 108 Å². The van der Waals surface area contributed by atoms with Crippen molar-refractivity contribution in [2.45, 2.75) is 39.0 Å². The van der Waals surface area contributed by atoms with Gasteiger partial charge in [-0.05, 0) is 43.2 Å². The molecule has 0 radical (unpaired) electrons. The minimum absolute atomic E-state index is 0. The van der Waals surface area contributed by atoms with Gasteiger partial charge in [0.2, 0.25) is 0 Å². The number of nitrogens with zero attached hydrogens (tertiary/aromatic N) is 1. The number of aromatic nitrogens is 1. The van der Waals surface area contributed by atoms with Crippen LogP contribution < -0.4 is 34.7 Å². The molecule has 0 aliphatic heterocycles. The molecule has 3 aromatic carbocycles. The fourth-order valence-corrected chi connectivity index (χ4v) is 4.61. The van der Waals surface area contributed by atoms with Crippen LogP contribution in [-0.2, 0) is 11.2 Å². The van der Waals surface area contributed by atoms with Crippen molar-refractivity contribution in [1.82, 2.24) is 4.98 Å². The summed E-state index contributed by atoms with van der Waals surface area (Å²) in [6.45, 7) is 3.16. The molecule has 0 spiro atoms. The Balaban J connectivity index is 0.000000711. The molecule has 1 aliphatic rings. The van der Waals surface area contributed by atoms with Crippen LogP contribution in [0.4, 0.5) is 0 Å². The molecule has 4 aromatic rings. The van der Waals surface area contributed by atoms with Gasteiger partial charge in [-0.1, -0.05) is 91.0 Å². The molecule has 1 aliphatic carbocycles. The van der Waals surface area contributed by atoms with E-state index in [2.05, 4.69) is 43.3 Å². The second kappa shape index (κ2) is 13.4. The summed E-state index contributed by atoms with van der Waals surface area (Å²) in [6.07, 6.45) is 7.33. The Morgan fingerprint density at radius 3 is 2.30 bits per heavy atom. The molecule has 0 saturated heterocycles. The van der Waals surface area contributed by atoms with E-state index in [-0.39, 0.29) is 47.1 Å². The number of rotatable bonds is 5. The van der Waals surface area contributed by atoms with Crippen molar-refractivity contribution in [1.29, 1.82) is 0 Å². The largest absolute Gasteiger partial charge is 1.00 e. The topological polar surface area (TPSA) is 86.4 Å². The van der Waals surface area contributed by atoms with Crippen LogP contribution in [0.3, 0.4) is 0 Å². The summed E-state index contributed by atoms with van der Waals surface area (Å²) in [6, 6.07) is 25.8. The zero-order valence-corrected chi connectivity index (χ0v) is 23.6. The molecule has 2 atom stereocenters. The monoisotopic (exact) mass is 503 g/mol. The van der Waals surface area contributed by atoms with E-state index in [9.17, 15) is 5.11 Å². The number of carboxylic acids is 1. The molecule has 2 unspecified atom stereocenters. The van der Waals surface area contributed by atoms with Crippen LogP contribution >= 0.6 is 0 Å². The summed E-state index contributed by atoms with van der Waals surface area (Å²) < 4.78 is 6.51. The number of carboxylic acid groups (broad SMARTS) is 1. The van der Waals surface area contributed by atoms with Gasteiger partial charge in [-0.3, -0.25) is 4.79 Å². The van der Waals surface area contributed by atoms with Gasteiger partial charge in [0.1, 0.15) is 5.69 Å². The molecule has 0 amide bonds. The molecule has 0 fully saturated rings.